The lowest BCUT2D eigenvalue weighted by atomic mass is 10.0. The first kappa shape index (κ1) is 23.2. The number of esters is 1. The van der Waals surface area contributed by atoms with Crippen molar-refractivity contribution >= 4 is 12.1 Å². The SMILES string of the molecule is COC(=O)[C@H](NC(=O)OC(C)(C)C)[C@@H]1O[C@H]([C@H]2COC(C)(C)O2)[C@@H]2OC(C)(C)O[C@@H]21. The summed E-state index contributed by atoms with van der Waals surface area (Å²) in [4.78, 5) is 24.9. The van der Waals surface area contributed by atoms with E-state index >= 15 is 0 Å². The molecule has 0 unspecified atom stereocenters. The van der Waals surface area contributed by atoms with Crippen LogP contribution in [0.2, 0.25) is 0 Å². The molecule has 0 aromatic carbocycles. The number of amides is 1. The fourth-order valence-corrected chi connectivity index (χ4v) is 3.94. The quantitative estimate of drug-likeness (QED) is 0.662. The van der Waals surface area contributed by atoms with Gasteiger partial charge in [-0.2, -0.15) is 0 Å². The van der Waals surface area contributed by atoms with Crippen LogP contribution in [0.25, 0.3) is 0 Å². The van der Waals surface area contributed by atoms with E-state index in [2.05, 4.69) is 5.32 Å². The van der Waals surface area contributed by atoms with Crippen molar-refractivity contribution in [3.8, 4) is 0 Å². The van der Waals surface area contributed by atoms with Gasteiger partial charge >= 0.3 is 12.1 Å². The van der Waals surface area contributed by atoms with Crippen LogP contribution in [0, 0.1) is 0 Å². The molecule has 6 atom stereocenters. The van der Waals surface area contributed by atoms with Gasteiger partial charge in [0.05, 0.1) is 13.7 Å². The number of hydrogen-bond donors (Lipinski definition) is 1. The fourth-order valence-electron chi connectivity index (χ4n) is 3.94. The van der Waals surface area contributed by atoms with Crippen LogP contribution < -0.4 is 5.32 Å². The largest absolute Gasteiger partial charge is 0.467 e. The normalized spacial score (nSPS) is 35.5. The van der Waals surface area contributed by atoms with Gasteiger partial charge in [-0.3, -0.25) is 0 Å². The molecule has 3 aliphatic rings. The van der Waals surface area contributed by atoms with Crippen LogP contribution >= 0.6 is 0 Å². The molecule has 0 aliphatic carbocycles. The summed E-state index contributed by atoms with van der Waals surface area (Å²) < 4.78 is 40.1. The summed E-state index contributed by atoms with van der Waals surface area (Å²) in [5.41, 5.74) is -0.734. The van der Waals surface area contributed by atoms with Crippen LogP contribution in [-0.4, -0.2) is 79.5 Å². The lowest BCUT2D eigenvalue weighted by Gasteiger charge is -2.30. The van der Waals surface area contributed by atoms with Crippen molar-refractivity contribution in [2.24, 2.45) is 0 Å². The minimum atomic E-state index is -1.16. The van der Waals surface area contributed by atoms with Crippen molar-refractivity contribution < 1.29 is 42.7 Å². The number of nitrogens with one attached hydrogen (secondary N) is 1. The summed E-state index contributed by atoms with van der Waals surface area (Å²) in [5.74, 6) is -2.33. The third-order valence-electron chi connectivity index (χ3n) is 4.98. The molecule has 172 valence electrons. The van der Waals surface area contributed by atoms with Gasteiger partial charge < -0.3 is 38.5 Å². The van der Waals surface area contributed by atoms with Crippen molar-refractivity contribution in [1.82, 2.24) is 5.32 Å². The van der Waals surface area contributed by atoms with E-state index in [1.807, 2.05) is 13.8 Å². The number of alkyl carbamates (subject to hydrolysis) is 1. The summed E-state index contributed by atoms with van der Waals surface area (Å²) in [6, 6.07) is -1.16. The highest BCUT2D eigenvalue weighted by molar-refractivity contribution is 5.82. The predicted octanol–water partition coefficient (Wildman–Crippen LogP) is 1.49. The average Bonchev–Trinajstić information content (AvgIpc) is 3.20. The van der Waals surface area contributed by atoms with Gasteiger partial charge in [-0.25, -0.2) is 9.59 Å². The van der Waals surface area contributed by atoms with Gasteiger partial charge in [-0.15, -0.1) is 0 Å². The molecule has 1 amide bonds. The second kappa shape index (κ2) is 7.90. The van der Waals surface area contributed by atoms with Crippen LogP contribution in [0.4, 0.5) is 4.79 Å². The van der Waals surface area contributed by atoms with Gasteiger partial charge in [0.25, 0.3) is 0 Å². The van der Waals surface area contributed by atoms with Crippen molar-refractivity contribution in [3.05, 3.63) is 0 Å². The molecule has 0 aromatic rings. The number of carbonyl (C=O) groups is 2. The van der Waals surface area contributed by atoms with E-state index in [-0.39, 0.29) is 0 Å². The molecule has 0 spiro atoms. The number of fused-ring (bicyclic) bond motifs is 1. The summed E-state index contributed by atoms with van der Waals surface area (Å²) in [7, 11) is 1.24. The Bertz CT molecular complexity index is 672. The number of methoxy groups -OCH3 is 1. The van der Waals surface area contributed by atoms with Crippen LogP contribution in [0.1, 0.15) is 48.5 Å². The molecule has 3 fully saturated rings. The molecule has 10 nitrogen and oxygen atoms in total. The Morgan fingerprint density at radius 3 is 2.17 bits per heavy atom. The van der Waals surface area contributed by atoms with Crippen LogP contribution in [0.15, 0.2) is 0 Å². The number of ether oxygens (including phenoxy) is 7. The molecule has 0 radical (unpaired) electrons. The summed E-state index contributed by atoms with van der Waals surface area (Å²) in [6.45, 7) is 12.7. The highest BCUT2D eigenvalue weighted by Gasteiger charge is 2.61. The Morgan fingerprint density at radius 2 is 1.63 bits per heavy atom. The van der Waals surface area contributed by atoms with E-state index in [1.165, 1.54) is 7.11 Å². The van der Waals surface area contributed by atoms with Gasteiger partial charge in [0.1, 0.15) is 36.1 Å². The predicted molar refractivity (Wildman–Crippen MR) is 103 cm³/mol. The topological polar surface area (TPSA) is 111 Å². The Balaban J connectivity index is 1.83. The van der Waals surface area contributed by atoms with E-state index in [0.29, 0.717) is 6.61 Å². The number of rotatable bonds is 4. The van der Waals surface area contributed by atoms with Gasteiger partial charge in [0.2, 0.25) is 0 Å². The molecule has 3 aliphatic heterocycles. The lowest BCUT2D eigenvalue weighted by Crippen LogP contribution is -2.54. The van der Waals surface area contributed by atoms with Crippen molar-refractivity contribution in [2.45, 2.75) is 102 Å². The van der Waals surface area contributed by atoms with Crippen LogP contribution in [-0.2, 0) is 38.0 Å². The summed E-state index contributed by atoms with van der Waals surface area (Å²) in [6.07, 6.45) is -3.75. The second-order valence-corrected chi connectivity index (χ2v) is 9.64. The molecule has 0 bridgehead atoms. The Labute approximate surface area is 176 Å². The maximum absolute atomic E-state index is 12.6. The Hall–Kier alpha value is -1.46. The first-order valence-corrected chi connectivity index (χ1v) is 10.1. The van der Waals surface area contributed by atoms with Crippen LogP contribution in [0.5, 0.6) is 0 Å². The molecule has 1 N–H and O–H groups in total. The molecule has 30 heavy (non-hydrogen) atoms. The molecular formula is C20H33NO9. The molecule has 3 rings (SSSR count). The second-order valence-electron chi connectivity index (χ2n) is 9.64. The van der Waals surface area contributed by atoms with Crippen LogP contribution in [0.3, 0.4) is 0 Å². The molecule has 0 aromatic heterocycles. The minimum absolute atomic E-state index is 0.305. The first-order valence-electron chi connectivity index (χ1n) is 10.1. The first-order chi connectivity index (χ1) is 13.7. The Kier molecular flexibility index (Phi) is 6.11. The smallest absolute Gasteiger partial charge is 0.408 e. The van der Waals surface area contributed by atoms with Crippen molar-refractivity contribution in [3.63, 3.8) is 0 Å². The molecule has 3 heterocycles. The third kappa shape index (κ3) is 5.05. The Morgan fingerprint density at radius 1 is 1.00 bits per heavy atom. The van der Waals surface area contributed by atoms with E-state index in [9.17, 15) is 9.59 Å². The zero-order valence-corrected chi connectivity index (χ0v) is 18.8. The zero-order chi connectivity index (χ0) is 22.5. The van der Waals surface area contributed by atoms with Gasteiger partial charge in [-0.05, 0) is 48.5 Å². The lowest BCUT2D eigenvalue weighted by molar-refractivity contribution is -0.210. The minimum Gasteiger partial charge on any atom is -0.467 e. The number of carbonyl (C=O) groups excluding carboxylic acids is 2. The van der Waals surface area contributed by atoms with Gasteiger partial charge in [0.15, 0.2) is 17.6 Å². The fraction of sp³-hybridized carbons (Fsp3) is 0.900. The summed E-state index contributed by atoms with van der Waals surface area (Å²) in [5, 5.41) is 2.57. The zero-order valence-electron chi connectivity index (χ0n) is 18.8. The van der Waals surface area contributed by atoms with E-state index in [0.717, 1.165) is 0 Å². The average molecular weight is 431 g/mol. The highest BCUT2D eigenvalue weighted by atomic mass is 16.8. The maximum atomic E-state index is 12.6. The number of hydrogen-bond acceptors (Lipinski definition) is 9. The third-order valence-corrected chi connectivity index (χ3v) is 4.98. The van der Waals surface area contributed by atoms with E-state index < -0.39 is 65.8 Å². The molecule has 10 heteroatoms. The molecule has 3 saturated heterocycles. The van der Waals surface area contributed by atoms with Crippen molar-refractivity contribution in [1.29, 1.82) is 0 Å². The monoisotopic (exact) mass is 431 g/mol. The maximum Gasteiger partial charge on any atom is 0.408 e. The standard InChI is InChI=1S/C20H33NO9/c1-18(2,3)30-17(23)21-11(16(22)24-8)13-15-14(28-20(6,7)29-15)12(26-13)10-9-25-19(4,5)27-10/h10-15H,9H2,1-8H3,(H,21,23)/t10-,11-,12-,13+,14+,15-/m1/s1. The van der Waals surface area contributed by atoms with E-state index in [1.54, 1.807) is 34.6 Å². The molecule has 0 saturated carbocycles. The van der Waals surface area contributed by atoms with E-state index in [4.69, 9.17) is 33.2 Å². The van der Waals surface area contributed by atoms with Gasteiger partial charge in [0, 0.05) is 0 Å². The summed E-state index contributed by atoms with van der Waals surface area (Å²) >= 11 is 0. The molecular weight excluding hydrogens is 398 g/mol. The van der Waals surface area contributed by atoms with Gasteiger partial charge in [-0.1, -0.05) is 0 Å². The van der Waals surface area contributed by atoms with Crippen molar-refractivity contribution in [2.75, 3.05) is 13.7 Å². The highest BCUT2D eigenvalue weighted by Crippen LogP contribution is 2.43.